The highest BCUT2D eigenvalue weighted by molar-refractivity contribution is 5.96. The van der Waals surface area contributed by atoms with Gasteiger partial charge in [0.1, 0.15) is 0 Å². The number of benzene rings is 2. The van der Waals surface area contributed by atoms with Gasteiger partial charge >= 0.3 is 0 Å². The van der Waals surface area contributed by atoms with E-state index in [2.05, 4.69) is 40.5 Å². The fourth-order valence-corrected chi connectivity index (χ4v) is 5.61. The molecule has 1 atom stereocenters. The van der Waals surface area contributed by atoms with Crippen LogP contribution in [0.3, 0.4) is 0 Å². The molecule has 5 rings (SSSR count). The van der Waals surface area contributed by atoms with Crippen LogP contribution in [0.4, 0.5) is 5.69 Å². The average molecular weight is 377 g/mol. The lowest BCUT2D eigenvalue weighted by atomic mass is 9.73. The molecule has 1 unspecified atom stereocenters. The second-order valence-electron chi connectivity index (χ2n) is 8.74. The van der Waals surface area contributed by atoms with Crippen molar-refractivity contribution >= 4 is 11.6 Å². The summed E-state index contributed by atoms with van der Waals surface area (Å²) in [5.74, 6) is 0.0891. The van der Waals surface area contributed by atoms with Gasteiger partial charge in [-0.2, -0.15) is 0 Å². The molecular weight excluding hydrogens is 348 g/mol. The maximum absolute atomic E-state index is 12.7. The van der Waals surface area contributed by atoms with Crippen LogP contribution in [0.5, 0.6) is 0 Å². The first-order chi connectivity index (χ1) is 13.7. The molecule has 0 saturated carbocycles. The molecule has 0 radical (unpaired) electrons. The van der Waals surface area contributed by atoms with E-state index >= 15 is 0 Å². The molecule has 1 amide bonds. The quantitative estimate of drug-likeness (QED) is 0.864. The van der Waals surface area contributed by atoms with E-state index in [1.807, 2.05) is 12.1 Å². The molecule has 2 heterocycles. The van der Waals surface area contributed by atoms with Crippen LogP contribution >= 0.6 is 0 Å². The Morgan fingerprint density at radius 3 is 2.64 bits per heavy atom. The van der Waals surface area contributed by atoms with Crippen LogP contribution in [0.25, 0.3) is 0 Å². The summed E-state index contributed by atoms with van der Waals surface area (Å²) in [6.07, 6.45) is 5.65. The van der Waals surface area contributed by atoms with Crippen molar-refractivity contribution in [2.45, 2.75) is 44.1 Å². The van der Waals surface area contributed by atoms with E-state index in [0.717, 1.165) is 42.9 Å². The zero-order valence-electron chi connectivity index (χ0n) is 16.3. The van der Waals surface area contributed by atoms with Gasteiger partial charge in [-0.05, 0) is 67.3 Å². The highest BCUT2D eigenvalue weighted by Crippen LogP contribution is 2.46. The standard InChI is InChI=1S/C24H28N2O2/c27-16-19-6-3-5-18-14-20(23(28)25-22(18)19)15-26-12-10-24(11-13-26)9-8-17-4-1-2-7-21(17)24/h1-7,20,27H,8-16H2,(H,25,28). The van der Waals surface area contributed by atoms with Gasteiger partial charge < -0.3 is 15.3 Å². The Kier molecular flexibility index (Phi) is 4.48. The molecular formula is C24H28N2O2. The van der Waals surface area contributed by atoms with Crippen molar-refractivity contribution in [3.8, 4) is 0 Å². The van der Waals surface area contributed by atoms with E-state index in [0.29, 0.717) is 5.41 Å². The predicted octanol–water partition coefficient (Wildman–Crippen LogP) is 3.27. The van der Waals surface area contributed by atoms with Crippen LogP contribution in [0, 0.1) is 5.92 Å². The average Bonchev–Trinajstić information content (AvgIpc) is 3.08. The number of piperidine rings is 1. The maximum Gasteiger partial charge on any atom is 0.229 e. The van der Waals surface area contributed by atoms with Gasteiger partial charge in [-0.1, -0.05) is 42.5 Å². The lowest BCUT2D eigenvalue weighted by Gasteiger charge is -2.41. The van der Waals surface area contributed by atoms with Crippen LogP contribution in [0.15, 0.2) is 42.5 Å². The number of hydrogen-bond acceptors (Lipinski definition) is 3. The van der Waals surface area contributed by atoms with Crippen LogP contribution in [0.2, 0.25) is 0 Å². The molecule has 1 aliphatic carbocycles. The molecule has 1 fully saturated rings. The van der Waals surface area contributed by atoms with E-state index in [4.69, 9.17) is 0 Å². The Hall–Kier alpha value is -2.17. The first-order valence-corrected chi connectivity index (χ1v) is 10.5. The number of fused-ring (bicyclic) bond motifs is 3. The van der Waals surface area contributed by atoms with Crippen molar-refractivity contribution in [3.63, 3.8) is 0 Å². The van der Waals surface area contributed by atoms with Crippen LogP contribution in [-0.2, 0) is 29.7 Å². The first-order valence-electron chi connectivity index (χ1n) is 10.5. The molecule has 28 heavy (non-hydrogen) atoms. The number of anilines is 1. The second-order valence-corrected chi connectivity index (χ2v) is 8.74. The first kappa shape index (κ1) is 17.9. The van der Waals surface area contributed by atoms with Gasteiger partial charge in [0.25, 0.3) is 0 Å². The molecule has 1 spiro atoms. The maximum atomic E-state index is 12.7. The van der Waals surface area contributed by atoms with Gasteiger partial charge in [-0.3, -0.25) is 4.79 Å². The normalized spacial score (nSPS) is 23.3. The fraction of sp³-hybridized carbons (Fsp3) is 0.458. The molecule has 2 aromatic carbocycles. The molecule has 1 saturated heterocycles. The summed E-state index contributed by atoms with van der Waals surface area (Å²) in [7, 11) is 0. The SMILES string of the molecule is O=C1Nc2c(CO)cccc2CC1CN1CCC2(CCc3ccccc32)CC1. The Balaban J connectivity index is 1.26. The van der Waals surface area contributed by atoms with Crippen molar-refractivity contribution in [1.82, 2.24) is 4.90 Å². The van der Waals surface area contributed by atoms with Gasteiger partial charge in [0.05, 0.1) is 12.5 Å². The van der Waals surface area contributed by atoms with Crippen LogP contribution < -0.4 is 5.32 Å². The van der Waals surface area contributed by atoms with E-state index in [1.165, 1.54) is 25.7 Å². The fourth-order valence-electron chi connectivity index (χ4n) is 5.61. The molecule has 0 aromatic heterocycles. The number of aliphatic hydroxyl groups is 1. The Morgan fingerprint density at radius 1 is 1.04 bits per heavy atom. The minimum absolute atomic E-state index is 0.00800. The van der Waals surface area contributed by atoms with Crippen molar-refractivity contribution < 1.29 is 9.90 Å². The third-order valence-corrected chi connectivity index (χ3v) is 7.25. The third-order valence-electron chi connectivity index (χ3n) is 7.25. The molecule has 2 aliphatic heterocycles. The molecule has 146 valence electrons. The second kappa shape index (κ2) is 7.02. The van der Waals surface area contributed by atoms with Crippen molar-refractivity contribution in [2.75, 3.05) is 25.0 Å². The minimum atomic E-state index is -0.0379. The summed E-state index contributed by atoms with van der Waals surface area (Å²) in [5.41, 5.74) is 6.27. The van der Waals surface area contributed by atoms with Gasteiger partial charge in [0.15, 0.2) is 0 Å². The molecule has 2 aromatic rings. The van der Waals surface area contributed by atoms with Gasteiger partial charge in [-0.25, -0.2) is 0 Å². The molecule has 2 N–H and O–H groups in total. The lowest BCUT2D eigenvalue weighted by Crippen LogP contribution is -2.46. The molecule has 3 aliphatic rings. The summed E-state index contributed by atoms with van der Waals surface area (Å²) >= 11 is 0. The lowest BCUT2D eigenvalue weighted by molar-refractivity contribution is -0.121. The number of para-hydroxylation sites is 1. The Bertz CT molecular complexity index is 899. The summed E-state index contributed by atoms with van der Waals surface area (Å²) in [5, 5.41) is 12.6. The number of aliphatic hydroxyl groups excluding tert-OH is 1. The Morgan fingerprint density at radius 2 is 1.82 bits per heavy atom. The summed E-state index contributed by atoms with van der Waals surface area (Å²) < 4.78 is 0. The number of nitrogens with one attached hydrogen (secondary N) is 1. The predicted molar refractivity (Wildman–Crippen MR) is 110 cm³/mol. The van der Waals surface area contributed by atoms with E-state index < -0.39 is 0 Å². The minimum Gasteiger partial charge on any atom is -0.392 e. The van der Waals surface area contributed by atoms with E-state index in [1.54, 1.807) is 11.1 Å². The zero-order valence-corrected chi connectivity index (χ0v) is 16.3. The van der Waals surface area contributed by atoms with Crippen molar-refractivity contribution in [3.05, 3.63) is 64.7 Å². The van der Waals surface area contributed by atoms with E-state index in [9.17, 15) is 9.90 Å². The highest BCUT2D eigenvalue weighted by Gasteiger charge is 2.41. The summed E-state index contributed by atoms with van der Waals surface area (Å²) in [6, 6.07) is 14.9. The summed E-state index contributed by atoms with van der Waals surface area (Å²) in [6.45, 7) is 2.93. The molecule has 4 nitrogen and oxygen atoms in total. The number of carbonyl (C=O) groups is 1. The largest absolute Gasteiger partial charge is 0.392 e. The van der Waals surface area contributed by atoms with E-state index in [-0.39, 0.29) is 18.4 Å². The number of carbonyl (C=O) groups excluding carboxylic acids is 1. The molecule has 0 bridgehead atoms. The Labute approximate surface area is 166 Å². The van der Waals surface area contributed by atoms with Gasteiger partial charge in [0.2, 0.25) is 5.91 Å². The zero-order chi connectivity index (χ0) is 19.1. The van der Waals surface area contributed by atoms with Crippen LogP contribution in [-0.4, -0.2) is 35.5 Å². The van der Waals surface area contributed by atoms with Gasteiger partial charge in [0, 0.05) is 17.8 Å². The number of rotatable bonds is 3. The van der Waals surface area contributed by atoms with Gasteiger partial charge in [-0.15, -0.1) is 0 Å². The number of aryl methyl sites for hydroxylation is 1. The summed E-state index contributed by atoms with van der Waals surface area (Å²) in [4.78, 5) is 15.2. The van der Waals surface area contributed by atoms with Crippen molar-refractivity contribution in [1.29, 1.82) is 0 Å². The molecule has 4 heteroatoms. The van der Waals surface area contributed by atoms with Crippen molar-refractivity contribution in [2.24, 2.45) is 5.92 Å². The highest BCUT2D eigenvalue weighted by atomic mass is 16.3. The number of likely N-dealkylation sites (tertiary alicyclic amines) is 1. The topological polar surface area (TPSA) is 52.6 Å². The third kappa shape index (κ3) is 2.96. The number of hydrogen-bond donors (Lipinski definition) is 2. The smallest absolute Gasteiger partial charge is 0.229 e. The number of nitrogens with zero attached hydrogens (tertiary/aromatic N) is 1. The monoisotopic (exact) mass is 376 g/mol. The van der Waals surface area contributed by atoms with Crippen LogP contribution in [0.1, 0.15) is 41.5 Å². The number of amides is 1.